The average Bonchev–Trinajstić information content (AvgIpc) is 2.80. The second-order valence-corrected chi connectivity index (χ2v) is 5.56. The summed E-state index contributed by atoms with van der Waals surface area (Å²) in [4.78, 5) is 6.87. The lowest BCUT2D eigenvalue weighted by molar-refractivity contribution is 0.338. The standard InChI is InChI=1S/C13H20BrN3/c1-2-17-6-5-11(10-17)7-15-9-13-4-3-12(14)8-16-13/h3-4,8,11,15H,2,5-7,9-10H2,1H3. The quantitative estimate of drug-likeness (QED) is 0.904. The van der Waals surface area contributed by atoms with Crippen LogP contribution in [0.4, 0.5) is 0 Å². The van der Waals surface area contributed by atoms with E-state index in [1.807, 2.05) is 12.3 Å². The summed E-state index contributed by atoms with van der Waals surface area (Å²) in [5, 5.41) is 3.50. The van der Waals surface area contributed by atoms with Crippen molar-refractivity contribution < 1.29 is 0 Å². The van der Waals surface area contributed by atoms with Crippen molar-refractivity contribution in [3.8, 4) is 0 Å². The van der Waals surface area contributed by atoms with Gasteiger partial charge in [0.15, 0.2) is 0 Å². The van der Waals surface area contributed by atoms with Crippen molar-refractivity contribution in [1.29, 1.82) is 0 Å². The molecule has 4 heteroatoms. The van der Waals surface area contributed by atoms with Gasteiger partial charge in [-0.15, -0.1) is 0 Å². The molecule has 0 radical (unpaired) electrons. The monoisotopic (exact) mass is 297 g/mol. The molecule has 1 atom stereocenters. The topological polar surface area (TPSA) is 28.2 Å². The van der Waals surface area contributed by atoms with Gasteiger partial charge < -0.3 is 10.2 Å². The lowest BCUT2D eigenvalue weighted by Crippen LogP contribution is -2.26. The summed E-state index contributed by atoms with van der Waals surface area (Å²) in [6.45, 7) is 7.91. The van der Waals surface area contributed by atoms with Crippen molar-refractivity contribution in [3.63, 3.8) is 0 Å². The van der Waals surface area contributed by atoms with Crippen molar-refractivity contribution in [2.75, 3.05) is 26.2 Å². The van der Waals surface area contributed by atoms with Gasteiger partial charge in [0.1, 0.15) is 0 Å². The molecule has 3 nitrogen and oxygen atoms in total. The Kier molecular flexibility index (Phi) is 4.95. The van der Waals surface area contributed by atoms with E-state index in [0.717, 1.165) is 29.2 Å². The van der Waals surface area contributed by atoms with Crippen molar-refractivity contribution in [2.24, 2.45) is 5.92 Å². The molecule has 1 aliphatic heterocycles. The number of pyridine rings is 1. The van der Waals surface area contributed by atoms with E-state index in [-0.39, 0.29) is 0 Å². The lowest BCUT2D eigenvalue weighted by atomic mass is 10.1. The molecule has 1 unspecified atom stereocenters. The van der Waals surface area contributed by atoms with Gasteiger partial charge in [-0.2, -0.15) is 0 Å². The highest BCUT2D eigenvalue weighted by atomic mass is 79.9. The Morgan fingerprint density at radius 1 is 1.53 bits per heavy atom. The number of rotatable bonds is 5. The van der Waals surface area contributed by atoms with Gasteiger partial charge in [0, 0.05) is 23.8 Å². The normalized spacial score (nSPS) is 20.9. The molecule has 1 saturated heterocycles. The van der Waals surface area contributed by atoms with Crippen LogP contribution < -0.4 is 5.32 Å². The molecule has 1 aliphatic rings. The number of aromatic nitrogens is 1. The van der Waals surface area contributed by atoms with Gasteiger partial charge in [0.25, 0.3) is 0 Å². The molecule has 1 aromatic rings. The molecule has 17 heavy (non-hydrogen) atoms. The number of halogens is 1. The van der Waals surface area contributed by atoms with Crippen molar-refractivity contribution in [3.05, 3.63) is 28.5 Å². The molecule has 0 aromatic carbocycles. The first-order chi connectivity index (χ1) is 8.28. The molecule has 0 aliphatic carbocycles. The summed E-state index contributed by atoms with van der Waals surface area (Å²) in [7, 11) is 0. The van der Waals surface area contributed by atoms with E-state index in [4.69, 9.17) is 0 Å². The smallest absolute Gasteiger partial charge is 0.0542 e. The van der Waals surface area contributed by atoms with Gasteiger partial charge in [-0.3, -0.25) is 4.98 Å². The van der Waals surface area contributed by atoms with Gasteiger partial charge >= 0.3 is 0 Å². The Balaban J connectivity index is 1.68. The largest absolute Gasteiger partial charge is 0.311 e. The molecule has 2 rings (SSSR count). The second kappa shape index (κ2) is 6.47. The van der Waals surface area contributed by atoms with Crippen LogP contribution in [0, 0.1) is 5.92 Å². The molecule has 2 heterocycles. The maximum Gasteiger partial charge on any atom is 0.0542 e. The third kappa shape index (κ3) is 4.05. The first-order valence-corrected chi connectivity index (χ1v) is 7.10. The fraction of sp³-hybridized carbons (Fsp3) is 0.615. The van der Waals surface area contributed by atoms with E-state index >= 15 is 0 Å². The number of nitrogens with one attached hydrogen (secondary N) is 1. The van der Waals surface area contributed by atoms with Crippen LogP contribution in [0.15, 0.2) is 22.8 Å². The number of hydrogen-bond acceptors (Lipinski definition) is 3. The van der Waals surface area contributed by atoms with Crippen molar-refractivity contribution in [2.45, 2.75) is 19.9 Å². The Bertz CT molecular complexity index is 339. The number of likely N-dealkylation sites (tertiary alicyclic amines) is 1. The van der Waals surface area contributed by atoms with E-state index in [1.54, 1.807) is 0 Å². The Morgan fingerprint density at radius 2 is 2.41 bits per heavy atom. The minimum Gasteiger partial charge on any atom is -0.311 e. The fourth-order valence-electron chi connectivity index (χ4n) is 2.28. The fourth-order valence-corrected chi connectivity index (χ4v) is 2.52. The minimum absolute atomic E-state index is 0.811. The number of hydrogen-bond donors (Lipinski definition) is 1. The summed E-state index contributed by atoms with van der Waals surface area (Å²) < 4.78 is 1.04. The second-order valence-electron chi connectivity index (χ2n) is 4.65. The van der Waals surface area contributed by atoms with Gasteiger partial charge in [-0.1, -0.05) is 6.92 Å². The van der Waals surface area contributed by atoms with Crippen LogP contribution in [0.1, 0.15) is 19.0 Å². The van der Waals surface area contributed by atoms with Crippen LogP contribution in [0.25, 0.3) is 0 Å². The summed E-state index contributed by atoms with van der Waals surface area (Å²) in [6.07, 6.45) is 3.18. The molecule has 1 N–H and O–H groups in total. The SMILES string of the molecule is CCN1CCC(CNCc2ccc(Br)cn2)C1. The molecule has 1 aromatic heterocycles. The van der Waals surface area contributed by atoms with Gasteiger partial charge in [-0.25, -0.2) is 0 Å². The third-order valence-electron chi connectivity index (χ3n) is 3.34. The highest BCUT2D eigenvalue weighted by molar-refractivity contribution is 9.10. The molecule has 0 amide bonds. The molecule has 0 bridgehead atoms. The van der Waals surface area contributed by atoms with E-state index < -0.39 is 0 Å². The van der Waals surface area contributed by atoms with Crippen LogP contribution in [-0.4, -0.2) is 36.1 Å². The van der Waals surface area contributed by atoms with E-state index in [1.165, 1.54) is 26.1 Å². The van der Waals surface area contributed by atoms with E-state index in [2.05, 4.69) is 44.1 Å². The zero-order valence-corrected chi connectivity index (χ0v) is 11.9. The minimum atomic E-state index is 0.811. The molecule has 0 spiro atoms. The zero-order chi connectivity index (χ0) is 12.1. The van der Waals surface area contributed by atoms with Crippen LogP contribution in [0.5, 0.6) is 0 Å². The van der Waals surface area contributed by atoms with Crippen LogP contribution in [0.3, 0.4) is 0 Å². The first kappa shape index (κ1) is 13.0. The maximum atomic E-state index is 4.35. The lowest BCUT2D eigenvalue weighted by Gasteiger charge is -2.13. The molecule has 94 valence electrons. The predicted octanol–water partition coefficient (Wildman–Crippen LogP) is 2.28. The Hall–Kier alpha value is -0.450. The molecule has 1 fully saturated rings. The van der Waals surface area contributed by atoms with E-state index in [9.17, 15) is 0 Å². The van der Waals surface area contributed by atoms with Crippen LogP contribution in [0.2, 0.25) is 0 Å². The highest BCUT2D eigenvalue weighted by Gasteiger charge is 2.20. The molecule has 0 saturated carbocycles. The molecular weight excluding hydrogens is 278 g/mol. The van der Waals surface area contributed by atoms with E-state index in [0.29, 0.717) is 0 Å². The Morgan fingerprint density at radius 3 is 3.06 bits per heavy atom. The summed E-state index contributed by atoms with van der Waals surface area (Å²) in [5.41, 5.74) is 1.11. The number of nitrogens with zero attached hydrogens (tertiary/aromatic N) is 2. The third-order valence-corrected chi connectivity index (χ3v) is 3.81. The maximum absolute atomic E-state index is 4.35. The summed E-state index contributed by atoms with van der Waals surface area (Å²) in [6, 6.07) is 4.10. The zero-order valence-electron chi connectivity index (χ0n) is 10.3. The predicted molar refractivity (Wildman–Crippen MR) is 73.9 cm³/mol. The summed E-state index contributed by atoms with van der Waals surface area (Å²) >= 11 is 3.39. The van der Waals surface area contributed by atoms with Crippen molar-refractivity contribution >= 4 is 15.9 Å². The van der Waals surface area contributed by atoms with Gasteiger partial charge in [-0.05, 0) is 60.0 Å². The Labute approximate surface area is 112 Å². The average molecular weight is 298 g/mol. The van der Waals surface area contributed by atoms with Gasteiger partial charge in [0.05, 0.1) is 5.69 Å². The van der Waals surface area contributed by atoms with Crippen molar-refractivity contribution in [1.82, 2.24) is 15.2 Å². The van der Waals surface area contributed by atoms with Crippen LogP contribution in [-0.2, 0) is 6.54 Å². The van der Waals surface area contributed by atoms with Gasteiger partial charge in [0.2, 0.25) is 0 Å². The first-order valence-electron chi connectivity index (χ1n) is 6.31. The van der Waals surface area contributed by atoms with Crippen LogP contribution >= 0.6 is 15.9 Å². The molecular formula is C13H20BrN3. The summed E-state index contributed by atoms with van der Waals surface area (Å²) in [5.74, 6) is 0.811. The highest BCUT2D eigenvalue weighted by Crippen LogP contribution is 2.14.